The van der Waals surface area contributed by atoms with Gasteiger partial charge in [-0.05, 0) is 63.6 Å². The Kier molecular flexibility index (Phi) is 9.95. The molecule has 4 nitrogen and oxygen atoms in total. The third-order valence-electron chi connectivity index (χ3n) is 4.41. The summed E-state index contributed by atoms with van der Waals surface area (Å²) in [7, 11) is -3.50. The molecule has 1 aromatic rings. The minimum atomic E-state index is -3.50. The second-order valence-electron chi connectivity index (χ2n) is 7.71. The lowest BCUT2D eigenvalue weighted by Gasteiger charge is -2.27. The summed E-state index contributed by atoms with van der Waals surface area (Å²) in [6.07, 6.45) is 7.68. The smallest absolute Gasteiger partial charge is 0.243 e. The normalized spacial score (nSPS) is 12.6. The van der Waals surface area contributed by atoms with Gasteiger partial charge in [0.2, 0.25) is 10.0 Å². The maximum atomic E-state index is 12.9. The molecule has 0 N–H and O–H groups in total. The lowest BCUT2D eigenvalue weighted by Crippen LogP contribution is -2.39. The predicted molar refractivity (Wildman–Crippen MR) is 112 cm³/mol. The number of hydrogen-bond acceptors (Lipinski definition) is 3. The van der Waals surface area contributed by atoms with E-state index in [1.165, 1.54) is 0 Å². The van der Waals surface area contributed by atoms with E-state index in [0.29, 0.717) is 30.7 Å². The Balaban J connectivity index is 2.70. The maximum Gasteiger partial charge on any atom is 0.243 e. The number of nitrogens with zero attached hydrogens (tertiary/aromatic N) is 1. The molecule has 0 heterocycles. The van der Waals surface area contributed by atoms with E-state index in [-0.39, 0.29) is 17.7 Å². The zero-order valence-electron chi connectivity index (χ0n) is 17.4. The van der Waals surface area contributed by atoms with Gasteiger partial charge in [-0.25, -0.2) is 8.42 Å². The minimum Gasteiger partial charge on any atom is -0.300 e. The molecule has 0 saturated carbocycles. The molecule has 0 amide bonds. The monoisotopic (exact) mass is 393 g/mol. The Labute approximate surface area is 165 Å². The molecule has 0 unspecified atom stereocenters. The highest BCUT2D eigenvalue weighted by Crippen LogP contribution is 2.21. The van der Waals surface area contributed by atoms with Gasteiger partial charge in [-0.3, -0.25) is 4.79 Å². The summed E-state index contributed by atoms with van der Waals surface area (Å²) in [6.45, 7) is 10.3. The molecule has 0 spiro atoms. The third-order valence-corrected chi connectivity index (χ3v) is 6.46. The van der Waals surface area contributed by atoms with Gasteiger partial charge in [0.25, 0.3) is 0 Å². The van der Waals surface area contributed by atoms with Crippen LogP contribution in [0.15, 0.2) is 41.3 Å². The highest BCUT2D eigenvalue weighted by molar-refractivity contribution is 7.89. The summed E-state index contributed by atoms with van der Waals surface area (Å²) >= 11 is 0. The van der Waals surface area contributed by atoms with E-state index < -0.39 is 10.0 Å². The Morgan fingerprint density at radius 2 is 1.70 bits per heavy atom. The second kappa shape index (κ2) is 11.4. The quantitative estimate of drug-likeness (QED) is 0.371. The number of unbranched alkanes of at least 4 members (excludes halogenated alkanes) is 1. The van der Waals surface area contributed by atoms with Crippen molar-refractivity contribution in [2.24, 2.45) is 5.92 Å². The van der Waals surface area contributed by atoms with Crippen LogP contribution in [0.4, 0.5) is 0 Å². The lowest BCUT2D eigenvalue weighted by atomic mass is 10.0. The van der Waals surface area contributed by atoms with Gasteiger partial charge in [0.05, 0.1) is 4.90 Å². The highest BCUT2D eigenvalue weighted by Gasteiger charge is 2.27. The van der Waals surface area contributed by atoms with E-state index >= 15 is 0 Å². The van der Waals surface area contributed by atoms with Crippen LogP contribution in [0.1, 0.15) is 65.9 Å². The molecule has 0 bridgehead atoms. The number of carbonyl (C=O) groups excluding carboxylic acids is 1. The molecule has 152 valence electrons. The largest absolute Gasteiger partial charge is 0.300 e. The number of aryl methyl sites for hydroxylation is 1. The Hall–Kier alpha value is -1.46. The topological polar surface area (TPSA) is 54.5 Å². The molecule has 0 fully saturated rings. The van der Waals surface area contributed by atoms with E-state index in [4.69, 9.17) is 0 Å². The van der Waals surface area contributed by atoms with Crippen LogP contribution in [0.5, 0.6) is 0 Å². The average Bonchev–Trinajstić information content (AvgIpc) is 2.61. The van der Waals surface area contributed by atoms with Gasteiger partial charge in [-0.2, -0.15) is 4.31 Å². The van der Waals surface area contributed by atoms with Gasteiger partial charge in [-0.1, -0.05) is 38.1 Å². The number of carbonyl (C=O) groups is 1. The van der Waals surface area contributed by atoms with Gasteiger partial charge in [0.15, 0.2) is 0 Å². The van der Waals surface area contributed by atoms with Crippen molar-refractivity contribution in [1.29, 1.82) is 0 Å². The second-order valence-corrected chi connectivity index (χ2v) is 9.60. The van der Waals surface area contributed by atoms with Crippen LogP contribution in [-0.4, -0.2) is 31.1 Å². The Morgan fingerprint density at radius 3 is 2.22 bits per heavy atom. The van der Waals surface area contributed by atoms with Crippen molar-refractivity contribution in [3.63, 3.8) is 0 Å². The van der Waals surface area contributed by atoms with Crippen molar-refractivity contribution >= 4 is 15.8 Å². The van der Waals surface area contributed by atoms with Crippen LogP contribution < -0.4 is 0 Å². The zero-order valence-corrected chi connectivity index (χ0v) is 18.3. The van der Waals surface area contributed by atoms with Crippen molar-refractivity contribution in [2.75, 3.05) is 6.54 Å². The first-order valence-electron chi connectivity index (χ1n) is 9.92. The number of hydrogen-bond donors (Lipinski definition) is 0. The van der Waals surface area contributed by atoms with E-state index in [2.05, 4.69) is 6.08 Å². The summed E-state index contributed by atoms with van der Waals surface area (Å²) in [5.74, 6) is 0.527. The predicted octanol–water partition coefficient (Wildman–Crippen LogP) is 4.99. The first-order chi connectivity index (χ1) is 12.7. The first kappa shape index (κ1) is 23.6. The molecule has 5 heteroatoms. The van der Waals surface area contributed by atoms with Crippen molar-refractivity contribution in [3.8, 4) is 0 Å². The summed E-state index contributed by atoms with van der Waals surface area (Å²) in [4.78, 5) is 12.3. The fourth-order valence-electron chi connectivity index (χ4n) is 2.90. The van der Waals surface area contributed by atoms with Crippen molar-refractivity contribution in [2.45, 2.75) is 77.7 Å². The molecule has 0 aliphatic rings. The third kappa shape index (κ3) is 7.97. The van der Waals surface area contributed by atoms with E-state index in [1.807, 2.05) is 52.8 Å². The van der Waals surface area contributed by atoms with Crippen LogP contribution in [0.25, 0.3) is 0 Å². The molecule has 1 rings (SSSR count). The molecular formula is C22H35NO3S. The molecule has 0 atom stereocenters. The van der Waals surface area contributed by atoms with Gasteiger partial charge in [0.1, 0.15) is 5.78 Å². The number of sulfonamides is 1. The molecule has 0 aliphatic heterocycles. The van der Waals surface area contributed by atoms with Crippen molar-refractivity contribution in [3.05, 3.63) is 42.0 Å². The number of ketones is 1. The first-order valence-corrected chi connectivity index (χ1v) is 11.4. The summed E-state index contributed by atoms with van der Waals surface area (Å²) in [6, 6.07) is 6.90. The highest BCUT2D eigenvalue weighted by atomic mass is 32.2. The van der Waals surface area contributed by atoms with Crippen molar-refractivity contribution < 1.29 is 13.2 Å². The van der Waals surface area contributed by atoms with E-state index in [0.717, 1.165) is 18.4 Å². The molecule has 0 aliphatic carbocycles. The average molecular weight is 394 g/mol. The van der Waals surface area contributed by atoms with Crippen LogP contribution >= 0.6 is 0 Å². The molecule has 0 aromatic heterocycles. The van der Waals surface area contributed by atoms with Crippen LogP contribution in [-0.2, 0) is 21.2 Å². The minimum absolute atomic E-state index is 0.0859. The zero-order chi connectivity index (χ0) is 20.4. The van der Waals surface area contributed by atoms with Crippen molar-refractivity contribution in [1.82, 2.24) is 4.31 Å². The Bertz CT molecular complexity index is 704. The van der Waals surface area contributed by atoms with Gasteiger partial charge in [0, 0.05) is 25.4 Å². The van der Waals surface area contributed by atoms with Crippen LogP contribution in [0, 0.1) is 5.92 Å². The maximum absolute atomic E-state index is 12.9. The molecule has 0 radical (unpaired) electrons. The molecular weight excluding hydrogens is 358 g/mol. The molecule has 27 heavy (non-hydrogen) atoms. The molecule has 0 saturated heterocycles. The van der Waals surface area contributed by atoms with E-state index in [1.54, 1.807) is 16.4 Å². The summed E-state index contributed by atoms with van der Waals surface area (Å²) in [5, 5.41) is 0. The van der Waals surface area contributed by atoms with Crippen LogP contribution in [0.3, 0.4) is 0 Å². The number of rotatable bonds is 12. The van der Waals surface area contributed by atoms with Crippen LogP contribution in [0.2, 0.25) is 0 Å². The fourth-order valence-corrected chi connectivity index (χ4v) is 4.70. The fraction of sp³-hybridized carbons (Fsp3) is 0.591. The summed E-state index contributed by atoms with van der Waals surface area (Å²) in [5.41, 5.74) is 0.996. The SMILES string of the molecule is C/C=C/CCCC(=O)CCc1ccc(S(=O)(=O)N(CC(C)C)C(C)C)cc1. The van der Waals surface area contributed by atoms with E-state index in [9.17, 15) is 13.2 Å². The Morgan fingerprint density at radius 1 is 1.07 bits per heavy atom. The number of Topliss-reactive ketones (excluding diaryl/α,β-unsaturated/α-hetero) is 1. The standard InChI is InChI=1S/C22H35NO3S/c1-6-7-8-9-10-21(24)14-11-20-12-15-22(16-13-20)27(25,26)23(19(4)5)17-18(2)3/h6-7,12-13,15-16,18-19H,8-11,14,17H2,1-5H3/b7-6+. The van der Waals surface area contributed by atoms with Gasteiger partial charge >= 0.3 is 0 Å². The number of benzene rings is 1. The molecule has 1 aromatic carbocycles. The van der Waals surface area contributed by atoms with Gasteiger partial charge < -0.3 is 0 Å². The lowest BCUT2D eigenvalue weighted by molar-refractivity contribution is -0.119. The van der Waals surface area contributed by atoms with Gasteiger partial charge in [-0.15, -0.1) is 0 Å². The number of allylic oxidation sites excluding steroid dienone is 2. The summed E-state index contributed by atoms with van der Waals surface area (Å²) < 4.78 is 27.4.